The lowest BCUT2D eigenvalue weighted by Gasteiger charge is -2.05. The topological polar surface area (TPSA) is 58.2 Å². The molecule has 0 aromatic carbocycles. The monoisotopic (exact) mass is 266 g/mol. The summed E-state index contributed by atoms with van der Waals surface area (Å²) >= 11 is 1.71. The summed E-state index contributed by atoms with van der Waals surface area (Å²) < 4.78 is 0. The Morgan fingerprint density at radius 1 is 1.33 bits per heavy atom. The molecule has 2 rings (SSSR count). The third-order valence-corrected chi connectivity index (χ3v) is 3.73. The molecule has 1 aliphatic carbocycles. The molecule has 1 saturated carbocycles. The molecule has 2 N–H and O–H groups in total. The van der Waals surface area contributed by atoms with E-state index in [0.29, 0.717) is 12.5 Å². The third-order valence-electron chi connectivity index (χ3n) is 2.80. The highest BCUT2D eigenvalue weighted by atomic mass is 32.1. The number of nitrogens with one attached hydrogen (secondary N) is 2. The van der Waals surface area contributed by atoms with Crippen LogP contribution in [0.3, 0.4) is 0 Å². The minimum Gasteiger partial charge on any atom is -0.352 e. The Morgan fingerprint density at radius 3 is 2.83 bits per heavy atom. The molecule has 0 spiro atoms. The lowest BCUT2D eigenvalue weighted by molar-refractivity contribution is -0.126. The molecule has 2 amide bonds. The maximum absolute atomic E-state index is 11.5. The smallest absolute Gasteiger partial charge is 0.239 e. The summed E-state index contributed by atoms with van der Waals surface area (Å²) in [6.07, 6.45) is 4.38. The third kappa shape index (κ3) is 4.87. The molecule has 1 aromatic heterocycles. The fourth-order valence-corrected chi connectivity index (χ4v) is 2.40. The molecule has 0 bridgehead atoms. The van der Waals surface area contributed by atoms with Gasteiger partial charge in [-0.1, -0.05) is 6.07 Å². The van der Waals surface area contributed by atoms with Crippen LogP contribution in [-0.2, 0) is 16.0 Å². The van der Waals surface area contributed by atoms with Gasteiger partial charge in [-0.25, -0.2) is 0 Å². The number of carbonyl (C=O) groups excluding carboxylic acids is 2. The van der Waals surface area contributed by atoms with Gasteiger partial charge in [0.2, 0.25) is 11.8 Å². The van der Waals surface area contributed by atoms with Gasteiger partial charge in [-0.15, -0.1) is 11.3 Å². The molecule has 1 aromatic rings. The first kappa shape index (κ1) is 13.1. The Labute approximate surface area is 111 Å². The molecule has 1 aliphatic rings. The van der Waals surface area contributed by atoms with E-state index in [1.807, 2.05) is 11.4 Å². The van der Waals surface area contributed by atoms with Gasteiger partial charge >= 0.3 is 0 Å². The summed E-state index contributed by atoms with van der Waals surface area (Å²) in [5.74, 6) is -0.124. The Balaban J connectivity index is 1.52. The fraction of sp³-hybridized carbons (Fsp3) is 0.538. The Hall–Kier alpha value is -1.36. The van der Waals surface area contributed by atoms with Gasteiger partial charge in [0.05, 0.1) is 6.54 Å². The van der Waals surface area contributed by atoms with Crippen LogP contribution in [0, 0.1) is 0 Å². The van der Waals surface area contributed by atoms with Crippen molar-refractivity contribution in [3.8, 4) is 0 Å². The molecule has 18 heavy (non-hydrogen) atoms. The first-order valence-electron chi connectivity index (χ1n) is 6.32. The summed E-state index contributed by atoms with van der Waals surface area (Å²) in [7, 11) is 0. The van der Waals surface area contributed by atoms with Crippen LogP contribution in [0.25, 0.3) is 0 Å². The zero-order chi connectivity index (χ0) is 12.8. The summed E-state index contributed by atoms with van der Waals surface area (Å²) in [5, 5.41) is 7.52. The number of hydrogen-bond acceptors (Lipinski definition) is 3. The summed E-state index contributed by atoms with van der Waals surface area (Å²) in [6.45, 7) is 0.105. The number of aryl methyl sites for hydroxylation is 1. The minimum absolute atomic E-state index is 0.0440. The van der Waals surface area contributed by atoms with Gasteiger partial charge in [0.1, 0.15) is 0 Å². The molecule has 5 heteroatoms. The summed E-state index contributed by atoms with van der Waals surface area (Å²) in [5.41, 5.74) is 0. The largest absolute Gasteiger partial charge is 0.352 e. The van der Waals surface area contributed by atoms with Crippen molar-refractivity contribution in [1.82, 2.24) is 10.6 Å². The molecule has 1 fully saturated rings. The van der Waals surface area contributed by atoms with Crippen molar-refractivity contribution in [2.24, 2.45) is 0 Å². The molecular formula is C13H18N2O2S. The van der Waals surface area contributed by atoms with Crippen LogP contribution >= 0.6 is 11.3 Å². The van der Waals surface area contributed by atoms with Crippen molar-refractivity contribution >= 4 is 23.2 Å². The molecule has 0 unspecified atom stereocenters. The second-order valence-corrected chi connectivity index (χ2v) is 5.58. The zero-order valence-electron chi connectivity index (χ0n) is 10.3. The van der Waals surface area contributed by atoms with Crippen LogP contribution in [0.4, 0.5) is 0 Å². The van der Waals surface area contributed by atoms with E-state index in [0.717, 1.165) is 25.7 Å². The zero-order valence-corrected chi connectivity index (χ0v) is 11.1. The average Bonchev–Trinajstić information content (AvgIpc) is 3.00. The van der Waals surface area contributed by atoms with E-state index >= 15 is 0 Å². The second kappa shape index (κ2) is 6.54. The molecule has 1 heterocycles. The number of thiophene rings is 1. The van der Waals surface area contributed by atoms with Gasteiger partial charge in [0.15, 0.2) is 0 Å². The first-order valence-corrected chi connectivity index (χ1v) is 7.20. The first-order chi connectivity index (χ1) is 8.74. The van der Waals surface area contributed by atoms with Gasteiger partial charge in [0, 0.05) is 17.3 Å². The van der Waals surface area contributed by atoms with Crippen LogP contribution in [0.15, 0.2) is 17.5 Å². The molecule has 0 atom stereocenters. The van der Waals surface area contributed by atoms with Crippen molar-refractivity contribution in [1.29, 1.82) is 0 Å². The van der Waals surface area contributed by atoms with Crippen LogP contribution in [-0.4, -0.2) is 24.4 Å². The van der Waals surface area contributed by atoms with Crippen LogP contribution in [0.1, 0.15) is 30.6 Å². The van der Waals surface area contributed by atoms with Crippen molar-refractivity contribution in [2.45, 2.75) is 38.1 Å². The number of amides is 2. The minimum atomic E-state index is -0.0795. The molecule has 0 radical (unpaired) electrons. The Morgan fingerprint density at radius 2 is 2.17 bits per heavy atom. The van der Waals surface area contributed by atoms with Crippen molar-refractivity contribution in [3.63, 3.8) is 0 Å². The van der Waals surface area contributed by atoms with Gasteiger partial charge in [-0.2, -0.15) is 0 Å². The summed E-state index contributed by atoms with van der Waals surface area (Å²) in [6, 6.07) is 4.45. The van der Waals surface area contributed by atoms with Crippen LogP contribution < -0.4 is 10.6 Å². The molecule has 0 aliphatic heterocycles. The van der Waals surface area contributed by atoms with Crippen molar-refractivity contribution < 1.29 is 9.59 Å². The van der Waals surface area contributed by atoms with Gasteiger partial charge in [-0.05, 0) is 37.1 Å². The molecular weight excluding hydrogens is 248 g/mol. The Kier molecular flexibility index (Phi) is 4.75. The quantitative estimate of drug-likeness (QED) is 0.785. The van der Waals surface area contributed by atoms with E-state index in [4.69, 9.17) is 0 Å². The number of rotatable bonds is 7. The number of hydrogen-bond donors (Lipinski definition) is 2. The standard InChI is InChI=1S/C13H18N2O2S/c16-12(5-1-3-11-4-2-8-18-11)14-9-13(17)15-10-6-7-10/h2,4,8,10H,1,3,5-7,9H2,(H,14,16)(H,15,17). The van der Waals surface area contributed by atoms with Crippen LogP contribution in [0.2, 0.25) is 0 Å². The normalized spacial score (nSPS) is 14.2. The van der Waals surface area contributed by atoms with E-state index in [1.54, 1.807) is 11.3 Å². The van der Waals surface area contributed by atoms with E-state index < -0.39 is 0 Å². The average molecular weight is 266 g/mol. The summed E-state index contributed by atoms with van der Waals surface area (Å²) in [4.78, 5) is 24.1. The Bertz CT molecular complexity index is 399. The van der Waals surface area contributed by atoms with Crippen molar-refractivity contribution in [2.75, 3.05) is 6.54 Å². The fourth-order valence-electron chi connectivity index (χ4n) is 1.65. The van der Waals surface area contributed by atoms with E-state index in [1.165, 1.54) is 4.88 Å². The lowest BCUT2D eigenvalue weighted by atomic mass is 10.2. The second-order valence-electron chi connectivity index (χ2n) is 4.55. The molecule has 0 saturated heterocycles. The lowest BCUT2D eigenvalue weighted by Crippen LogP contribution is -2.37. The SMILES string of the molecule is O=C(CCCc1cccs1)NCC(=O)NC1CC1. The van der Waals surface area contributed by atoms with E-state index in [2.05, 4.69) is 16.7 Å². The van der Waals surface area contributed by atoms with E-state index in [9.17, 15) is 9.59 Å². The van der Waals surface area contributed by atoms with Gasteiger partial charge in [-0.3, -0.25) is 9.59 Å². The van der Waals surface area contributed by atoms with Crippen LogP contribution in [0.5, 0.6) is 0 Å². The predicted molar refractivity (Wildman–Crippen MR) is 71.4 cm³/mol. The highest BCUT2D eigenvalue weighted by Gasteiger charge is 2.22. The van der Waals surface area contributed by atoms with Gasteiger partial charge in [0.25, 0.3) is 0 Å². The predicted octanol–water partition coefficient (Wildman–Crippen LogP) is 1.47. The number of carbonyl (C=O) groups is 2. The van der Waals surface area contributed by atoms with E-state index in [-0.39, 0.29) is 18.4 Å². The maximum atomic E-state index is 11.5. The highest BCUT2D eigenvalue weighted by molar-refractivity contribution is 7.09. The van der Waals surface area contributed by atoms with Crippen molar-refractivity contribution in [3.05, 3.63) is 22.4 Å². The highest BCUT2D eigenvalue weighted by Crippen LogP contribution is 2.18. The van der Waals surface area contributed by atoms with Gasteiger partial charge < -0.3 is 10.6 Å². The molecule has 98 valence electrons. The molecule has 4 nitrogen and oxygen atoms in total. The maximum Gasteiger partial charge on any atom is 0.239 e.